The number of carbonyl (C=O) groups excluding carboxylic acids is 1. The van der Waals surface area contributed by atoms with E-state index in [9.17, 15) is 4.79 Å². The Balaban J connectivity index is 1.76. The van der Waals surface area contributed by atoms with Crippen molar-refractivity contribution in [2.45, 2.75) is 12.5 Å². The quantitative estimate of drug-likeness (QED) is 0.790. The summed E-state index contributed by atoms with van der Waals surface area (Å²) >= 11 is 0. The Labute approximate surface area is 111 Å². The molecule has 0 aromatic carbocycles. The van der Waals surface area contributed by atoms with Crippen molar-refractivity contribution in [3.8, 4) is 0 Å². The zero-order valence-electron chi connectivity index (χ0n) is 10.5. The molecular weight excluding hydrogens is 242 g/mol. The highest BCUT2D eigenvalue weighted by atomic mass is 16.2. The Bertz CT molecular complexity index is 539. The molecule has 3 heterocycles. The minimum Gasteiger partial charge on any atom is -0.333 e. The van der Waals surface area contributed by atoms with Gasteiger partial charge in [0.2, 0.25) is 5.91 Å². The van der Waals surface area contributed by atoms with Crippen LogP contribution >= 0.6 is 0 Å². The van der Waals surface area contributed by atoms with E-state index in [1.54, 1.807) is 6.20 Å². The average molecular weight is 257 g/mol. The van der Waals surface area contributed by atoms with Crippen molar-refractivity contribution in [3.63, 3.8) is 0 Å². The van der Waals surface area contributed by atoms with E-state index in [1.807, 2.05) is 17.2 Å². The second kappa shape index (κ2) is 4.81. The molecule has 2 N–H and O–H groups in total. The van der Waals surface area contributed by atoms with Crippen molar-refractivity contribution in [1.82, 2.24) is 20.6 Å². The Morgan fingerprint density at radius 3 is 3.11 bits per heavy atom. The van der Waals surface area contributed by atoms with Crippen LogP contribution in [0.15, 0.2) is 42.6 Å². The van der Waals surface area contributed by atoms with E-state index in [0.29, 0.717) is 12.2 Å². The Hall–Kier alpha value is -2.21. The molecule has 2 aliphatic heterocycles. The highest BCUT2D eigenvalue weighted by Gasteiger charge is 2.30. The van der Waals surface area contributed by atoms with Gasteiger partial charge in [-0.2, -0.15) is 0 Å². The first-order valence-electron chi connectivity index (χ1n) is 6.19. The number of hydrogen-bond donors (Lipinski definition) is 2. The lowest BCUT2D eigenvalue weighted by Crippen LogP contribution is -2.52. The number of rotatable bonds is 2. The third-order valence-electron chi connectivity index (χ3n) is 3.28. The van der Waals surface area contributed by atoms with E-state index in [4.69, 9.17) is 0 Å². The molecule has 1 amide bonds. The fourth-order valence-electron chi connectivity index (χ4n) is 2.34. The molecule has 0 bridgehead atoms. The minimum atomic E-state index is -0.266. The lowest BCUT2D eigenvalue weighted by molar-refractivity contribution is -0.122. The van der Waals surface area contributed by atoms with Gasteiger partial charge >= 0.3 is 0 Å². The minimum absolute atomic E-state index is 0.0352. The lowest BCUT2D eigenvalue weighted by Gasteiger charge is -2.25. The van der Waals surface area contributed by atoms with Gasteiger partial charge in [-0.15, -0.1) is 0 Å². The summed E-state index contributed by atoms with van der Waals surface area (Å²) in [6.07, 6.45) is 6.08. The topological polar surface area (TPSA) is 70.1 Å². The number of amides is 1. The number of nitrogens with one attached hydrogen (secondary N) is 2. The van der Waals surface area contributed by atoms with E-state index in [0.717, 1.165) is 24.4 Å². The molecule has 6 nitrogen and oxygen atoms in total. The number of piperazine rings is 1. The van der Waals surface area contributed by atoms with Crippen LogP contribution in [0, 0.1) is 0 Å². The maximum Gasteiger partial charge on any atom is 0.245 e. The number of aromatic nitrogens is 2. The summed E-state index contributed by atoms with van der Waals surface area (Å²) in [5.41, 5.74) is 1.79. The van der Waals surface area contributed by atoms with Crippen molar-refractivity contribution in [2.75, 3.05) is 18.0 Å². The molecule has 1 fully saturated rings. The van der Waals surface area contributed by atoms with Crippen LogP contribution in [0.4, 0.5) is 5.82 Å². The van der Waals surface area contributed by atoms with Gasteiger partial charge in [0.05, 0.1) is 0 Å². The van der Waals surface area contributed by atoms with Crippen LogP contribution in [0.2, 0.25) is 0 Å². The highest BCUT2D eigenvalue weighted by molar-refractivity contribution is 5.87. The molecule has 0 spiro atoms. The Morgan fingerprint density at radius 1 is 1.47 bits per heavy atom. The zero-order chi connectivity index (χ0) is 13.2. The van der Waals surface area contributed by atoms with E-state index in [2.05, 4.69) is 27.2 Å². The standard InChI is InChI=1S/C13H15N5O/c1-9-6-15-12(13(19)17-9)10-3-5-18(7-10)11-2-4-14-8-16-11/h2,4,7-8,12,15H,1,3,5-6H2,(H,17,19). The smallest absolute Gasteiger partial charge is 0.245 e. The van der Waals surface area contributed by atoms with Gasteiger partial charge < -0.3 is 10.2 Å². The molecule has 1 atom stereocenters. The first kappa shape index (κ1) is 11.9. The van der Waals surface area contributed by atoms with Gasteiger partial charge in [0.25, 0.3) is 0 Å². The van der Waals surface area contributed by atoms with Gasteiger partial charge in [0, 0.05) is 31.2 Å². The number of hydrogen-bond acceptors (Lipinski definition) is 5. The van der Waals surface area contributed by atoms with Crippen molar-refractivity contribution in [2.24, 2.45) is 0 Å². The molecule has 98 valence electrons. The maximum atomic E-state index is 11.9. The summed E-state index contributed by atoms with van der Waals surface area (Å²) in [6, 6.07) is 1.59. The third-order valence-corrected chi connectivity index (χ3v) is 3.28. The van der Waals surface area contributed by atoms with Crippen LogP contribution in [0.3, 0.4) is 0 Å². The largest absolute Gasteiger partial charge is 0.333 e. The first-order valence-corrected chi connectivity index (χ1v) is 6.19. The molecule has 3 rings (SSSR count). The van der Waals surface area contributed by atoms with Crippen LogP contribution in [0.25, 0.3) is 0 Å². The lowest BCUT2D eigenvalue weighted by atomic mass is 10.0. The summed E-state index contributed by atoms with van der Waals surface area (Å²) in [4.78, 5) is 22.1. The normalized spacial score (nSPS) is 23.3. The fraction of sp³-hybridized carbons (Fsp3) is 0.308. The van der Waals surface area contributed by atoms with Gasteiger partial charge in [0.1, 0.15) is 18.2 Å². The predicted octanol–water partition coefficient (Wildman–Crippen LogP) is 0.172. The van der Waals surface area contributed by atoms with Gasteiger partial charge in [-0.25, -0.2) is 9.97 Å². The molecule has 1 aromatic heterocycles. The molecular formula is C13H15N5O. The summed E-state index contributed by atoms with van der Waals surface area (Å²) < 4.78 is 0. The van der Waals surface area contributed by atoms with E-state index in [-0.39, 0.29) is 11.9 Å². The molecule has 19 heavy (non-hydrogen) atoms. The zero-order valence-corrected chi connectivity index (χ0v) is 10.5. The highest BCUT2D eigenvalue weighted by Crippen LogP contribution is 2.23. The van der Waals surface area contributed by atoms with E-state index >= 15 is 0 Å². The Morgan fingerprint density at radius 2 is 2.37 bits per heavy atom. The SMILES string of the molecule is C=C1CNC(C2=CN(c3ccncn3)CC2)C(=O)N1. The summed E-state index contributed by atoms with van der Waals surface area (Å²) in [6.45, 7) is 5.19. The molecule has 1 aromatic rings. The third kappa shape index (κ3) is 2.34. The summed E-state index contributed by atoms with van der Waals surface area (Å²) in [7, 11) is 0. The molecule has 2 aliphatic rings. The molecule has 0 radical (unpaired) electrons. The van der Waals surface area contributed by atoms with Gasteiger partial charge in [0.15, 0.2) is 0 Å². The van der Waals surface area contributed by atoms with Crippen molar-refractivity contribution >= 4 is 11.7 Å². The van der Waals surface area contributed by atoms with Crippen molar-refractivity contribution in [3.05, 3.63) is 42.6 Å². The Kier molecular flexibility index (Phi) is 3.00. The predicted molar refractivity (Wildman–Crippen MR) is 71.2 cm³/mol. The average Bonchev–Trinajstić information content (AvgIpc) is 2.89. The number of nitrogens with zero attached hydrogens (tertiary/aromatic N) is 3. The summed E-state index contributed by atoms with van der Waals surface area (Å²) in [5.74, 6) is 0.817. The van der Waals surface area contributed by atoms with Crippen molar-refractivity contribution < 1.29 is 4.79 Å². The monoisotopic (exact) mass is 257 g/mol. The van der Waals surface area contributed by atoms with Crippen LogP contribution < -0.4 is 15.5 Å². The van der Waals surface area contributed by atoms with Crippen molar-refractivity contribution in [1.29, 1.82) is 0 Å². The fourth-order valence-corrected chi connectivity index (χ4v) is 2.34. The van der Waals surface area contributed by atoms with Gasteiger partial charge in [-0.1, -0.05) is 6.58 Å². The number of carbonyl (C=O) groups is 1. The second-order valence-corrected chi connectivity index (χ2v) is 4.62. The van der Waals surface area contributed by atoms with Gasteiger partial charge in [-0.05, 0) is 18.1 Å². The van der Waals surface area contributed by atoms with Gasteiger partial charge in [-0.3, -0.25) is 10.1 Å². The molecule has 1 unspecified atom stereocenters. The second-order valence-electron chi connectivity index (χ2n) is 4.62. The summed E-state index contributed by atoms with van der Waals surface area (Å²) in [5, 5.41) is 5.97. The first-order chi connectivity index (χ1) is 9.24. The van der Waals surface area contributed by atoms with E-state index < -0.39 is 0 Å². The molecule has 0 aliphatic carbocycles. The molecule has 6 heteroatoms. The van der Waals surface area contributed by atoms with E-state index in [1.165, 1.54) is 6.33 Å². The maximum absolute atomic E-state index is 11.9. The molecule has 1 saturated heterocycles. The van der Waals surface area contributed by atoms with Crippen LogP contribution in [-0.4, -0.2) is 35.0 Å². The number of anilines is 1. The van der Waals surface area contributed by atoms with Crippen LogP contribution in [0.5, 0.6) is 0 Å². The van der Waals surface area contributed by atoms with Crippen LogP contribution in [-0.2, 0) is 4.79 Å². The van der Waals surface area contributed by atoms with Crippen LogP contribution in [0.1, 0.15) is 6.42 Å². The molecule has 0 saturated carbocycles.